The predicted octanol–water partition coefficient (Wildman–Crippen LogP) is 3.58. The van der Waals surface area contributed by atoms with Gasteiger partial charge in [0.15, 0.2) is 4.96 Å². The lowest BCUT2D eigenvalue weighted by Gasteiger charge is -2.03. The van der Waals surface area contributed by atoms with Crippen molar-refractivity contribution in [1.82, 2.24) is 9.38 Å². The van der Waals surface area contributed by atoms with Crippen molar-refractivity contribution in [2.45, 2.75) is 17.6 Å². The molecule has 2 aromatic heterocycles. The number of aryl methyl sites for hydroxylation is 1. The van der Waals surface area contributed by atoms with Crippen molar-refractivity contribution in [2.75, 3.05) is 5.73 Å². The smallest absolute Gasteiger partial charge is 0.193 e. The van der Waals surface area contributed by atoms with E-state index in [1.807, 2.05) is 24.6 Å². The second kappa shape index (κ2) is 4.66. The summed E-state index contributed by atoms with van der Waals surface area (Å²) in [5, 5.41) is 2.04. The highest BCUT2D eigenvalue weighted by Crippen LogP contribution is 2.26. The Morgan fingerprint density at radius 1 is 1.44 bits per heavy atom. The number of nitrogens with zero attached hydrogens (tertiary/aromatic N) is 2. The Balaban J connectivity index is 1.73. The highest BCUT2D eigenvalue weighted by molar-refractivity contribution is 7.98. The zero-order chi connectivity index (χ0) is 12.5. The number of hydrogen-bond donors (Lipinski definition) is 1. The molecular weight excluding hydrogens is 262 g/mol. The van der Waals surface area contributed by atoms with Crippen molar-refractivity contribution in [3.63, 3.8) is 0 Å². The van der Waals surface area contributed by atoms with E-state index in [9.17, 15) is 0 Å². The minimum Gasteiger partial charge on any atom is -0.399 e. The zero-order valence-electron chi connectivity index (χ0n) is 9.96. The minimum atomic E-state index is 0.849. The van der Waals surface area contributed by atoms with Gasteiger partial charge in [0.25, 0.3) is 0 Å². The maximum atomic E-state index is 5.81. The number of fused-ring (bicyclic) bond motifs is 1. The van der Waals surface area contributed by atoms with Crippen LogP contribution in [0.1, 0.15) is 11.3 Å². The van der Waals surface area contributed by atoms with Crippen LogP contribution in [0, 0.1) is 6.92 Å². The molecule has 5 heteroatoms. The minimum absolute atomic E-state index is 0.849. The topological polar surface area (TPSA) is 43.3 Å². The molecule has 92 valence electrons. The van der Waals surface area contributed by atoms with E-state index in [0.29, 0.717) is 0 Å². The Morgan fingerprint density at radius 3 is 3.11 bits per heavy atom. The highest BCUT2D eigenvalue weighted by Gasteiger charge is 2.04. The van der Waals surface area contributed by atoms with Gasteiger partial charge in [0.05, 0.1) is 5.69 Å². The Bertz CT molecular complexity index is 656. The second-order valence-corrected chi connectivity index (χ2v) is 6.05. The van der Waals surface area contributed by atoms with Crippen LogP contribution in [0.15, 0.2) is 40.9 Å². The summed E-state index contributed by atoms with van der Waals surface area (Å²) in [5.41, 5.74) is 8.90. The maximum absolute atomic E-state index is 5.81. The molecule has 18 heavy (non-hydrogen) atoms. The van der Waals surface area contributed by atoms with Gasteiger partial charge < -0.3 is 5.73 Å². The lowest BCUT2D eigenvalue weighted by molar-refractivity contribution is 1.21. The molecule has 0 aliphatic rings. The average Bonchev–Trinajstić information content (AvgIpc) is 2.91. The van der Waals surface area contributed by atoms with Crippen LogP contribution >= 0.6 is 23.1 Å². The van der Waals surface area contributed by atoms with E-state index in [4.69, 9.17) is 5.73 Å². The Morgan fingerprint density at radius 2 is 2.33 bits per heavy atom. The van der Waals surface area contributed by atoms with Gasteiger partial charge in [0.2, 0.25) is 0 Å². The molecule has 0 atom stereocenters. The van der Waals surface area contributed by atoms with Gasteiger partial charge in [0, 0.05) is 34.1 Å². The van der Waals surface area contributed by atoms with Gasteiger partial charge >= 0.3 is 0 Å². The number of nitrogens with two attached hydrogens (primary N) is 1. The van der Waals surface area contributed by atoms with Crippen LogP contribution in [-0.2, 0) is 5.75 Å². The van der Waals surface area contributed by atoms with Crippen LogP contribution in [0.3, 0.4) is 0 Å². The largest absolute Gasteiger partial charge is 0.399 e. The maximum Gasteiger partial charge on any atom is 0.193 e. The van der Waals surface area contributed by atoms with Crippen molar-refractivity contribution in [1.29, 1.82) is 0 Å². The van der Waals surface area contributed by atoms with Crippen LogP contribution in [-0.4, -0.2) is 9.38 Å². The Labute approximate surface area is 114 Å². The molecule has 0 amide bonds. The number of thiazole rings is 1. The average molecular weight is 275 g/mol. The normalized spacial score (nSPS) is 11.2. The van der Waals surface area contributed by atoms with Gasteiger partial charge in [-0.2, -0.15) is 0 Å². The van der Waals surface area contributed by atoms with Crippen LogP contribution in [0.5, 0.6) is 0 Å². The number of hydrogen-bond acceptors (Lipinski definition) is 4. The van der Waals surface area contributed by atoms with Crippen LogP contribution in [0.25, 0.3) is 4.96 Å². The van der Waals surface area contributed by atoms with Crippen molar-refractivity contribution in [3.8, 4) is 0 Å². The lowest BCUT2D eigenvalue weighted by Crippen LogP contribution is -1.89. The third-order valence-corrected chi connectivity index (χ3v) is 4.57. The quantitative estimate of drug-likeness (QED) is 0.587. The number of rotatable bonds is 3. The van der Waals surface area contributed by atoms with E-state index < -0.39 is 0 Å². The van der Waals surface area contributed by atoms with E-state index in [0.717, 1.165) is 27.7 Å². The summed E-state index contributed by atoms with van der Waals surface area (Å²) >= 11 is 3.45. The molecule has 3 rings (SSSR count). The van der Waals surface area contributed by atoms with E-state index in [1.165, 1.54) is 4.90 Å². The monoisotopic (exact) mass is 275 g/mol. The van der Waals surface area contributed by atoms with Gasteiger partial charge in [-0.3, -0.25) is 4.40 Å². The molecule has 3 aromatic rings. The van der Waals surface area contributed by atoms with Gasteiger partial charge in [-0.1, -0.05) is 0 Å². The fraction of sp³-hybridized carbons (Fsp3) is 0.154. The molecule has 2 N–H and O–H groups in total. The van der Waals surface area contributed by atoms with E-state index >= 15 is 0 Å². The number of aromatic nitrogens is 2. The number of anilines is 1. The first kappa shape index (κ1) is 11.6. The van der Waals surface area contributed by atoms with Gasteiger partial charge in [-0.15, -0.1) is 23.1 Å². The van der Waals surface area contributed by atoms with E-state index in [1.54, 1.807) is 23.1 Å². The molecule has 0 bridgehead atoms. The fourth-order valence-corrected chi connectivity index (χ4v) is 3.34. The first-order valence-electron chi connectivity index (χ1n) is 5.62. The standard InChI is InChI=1S/C13H13N3S2/c1-9-6-11(2-3-12(9)14)18-8-10-7-16-4-5-17-13(16)15-10/h2-7H,8,14H2,1H3. The highest BCUT2D eigenvalue weighted by atomic mass is 32.2. The molecule has 0 spiro atoms. The SMILES string of the molecule is Cc1cc(SCc2cn3ccsc3n2)ccc1N. The van der Waals surface area contributed by atoms with Crippen LogP contribution < -0.4 is 5.73 Å². The number of thioether (sulfide) groups is 1. The van der Waals surface area contributed by atoms with Crippen molar-refractivity contribution in [2.24, 2.45) is 0 Å². The summed E-state index contributed by atoms with van der Waals surface area (Å²) in [6.45, 7) is 2.03. The van der Waals surface area contributed by atoms with Gasteiger partial charge in [0.1, 0.15) is 0 Å². The summed E-state index contributed by atoms with van der Waals surface area (Å²) in [7, 11) is 0. The first-order valence-corrected chi connectivity index (χ1v) is 7.49. The van der Waals surface area contributed by atoms with Gasteiger partial charge in [-0.25, -0.2) is 4.98 Å². The molecular formula is C13H13N3S2. The second-order valence-electron chi connectivity index (χ2n) is 4.13. The van der Waals surface area contributed by atoms with Crippen molar-refractivity contribution in [3.05, 3.63) is 47.2 Å². The van der Waals surface area contributed by atoms with E-state index in [2.05, 4.69) is 27.7 Å². The van der Waals surface area contributed by atoms with Crippen LogP contribution in [0.2, 0.25) is 0 Å². The molecule has 0 aliphatic heterocycles. The summed E-state index contributed by atoms with van der Waals surface area (Å²) in [4.78, 5) is 6.85. The third kappa shape index (κ3) is 2.23. The Hall–Kier alpha value is -1.46. The molecule has 0 saturated heterocycles. The summed E-state index contributed by atoms with van der Waals surface area (Å²) < 4.78 is 2.06. The zero-order valence-corrected chi connectivity index (χ0v) is 11.6. The van der Waals surface area contributed by atoms with Gasteiger partial charge in [-0.05, 0) is 30.7 Å². The number of nitrogen functional groups attached to an aromatic ring is 1. The number of imidazole rings is 1. The molecule has 0 aliphatic carbocycles. The van der Waals surface area contributed by atoms with Crippen LogP contribution in [0.4, 0.5) is 5.69 Å². The molecule has 0 saturated carbocycles. The molecule has 2 heterocycles. The molecule has 0 fully saturated rings. The summed E-state index contributed by atoms with van der Waals surface area (Å²) in [6, 6.07) is 6.15. The molecule has 1 aromatic carbocycles. The van der Waals surface area contributed by atoms with Crippen molar-refractivity contribution < 1.29 is 0 Å². The summed E-state index contributed by atoms with van der Waals surface area (Å²) in [5.74, 6) is 0.887. The summed E-state index contributed by atoms with van der Waals surface area (Å²) in [6.07, 6.45) is 4.12. The first-order chi connectivity index (χ1) is 8.72. The number of benzene rings is 1. The molecule has 3 nitrogen and oxygen atoms in total. The Kier molecular flexibility index (Phi) is 3.01. The predicted molar refractivity (Wildman–Crippen MR) is 78.2 cm³/mol. The fourth-order valence-electron chi connectivity index (χ4n) is 1.74. The van der Waals surface area contributed by atoms with E-state index in [-0.39, 0.29) is 0 Å². The molecule has 0 radical (unpaired) electrons. The lowest BCUT2D eigenvalue weighted by atomic mass is 10.2. The third-order valence-electron chi connectivity index (χ3n) is 2.77. The molecule has 0 unspecified atom stereocenters. The van der Waals surface area contributed by atoms with Crippen molar-refractivity contribution >= 4 is 33.7 Å².